The first kappa shape index (κ1) is 10.0. The van der Waals surface area contributed by atoms with Crippen LogP contribution in [-0.2, 0) is 16.0 Å². The molecule has 3 rings (SSSR count). The highest BCUT2D eigenvalue weighted by Gasteiger charge is 2.20. The lowest BCUT2D eigenvalue weighted by molar-refractivity contribution is -0.136. The third kappa shape index (κ3) is 1.51. The van der Waals surface area contributed by atoms with Gasteiger partial charge in [0.25, 0.3) is 0 Å². The van der Waals surface area contributed by atoms with E-state index >= 15 is 0 Å². The van der Waals surface area contributed by atoms with Crippen LogP contribution in [0.15, 0.2) is 36.0 Å². The Morgan fingerprint density at radius 1 is 1.35 bits per heavy atom. The quantitative estimate of drug-likeness (QED) is 0.699. The predicted molar refractivity (Wildman–Crippen MR) is 65.4 cm³/mol. The molecule has 0 unspecified atom stereocenters. The maximum Gasteiger partial charge on any atom is 0.334 e. The second-order valence-corrected chi connectivity index (χ2v) is 4.04. The second-order valence-electron chi connectivity index (χ2n) is 4.04. The molecule has 0 bridgehead atoms. The Hall–Kier alpha value is -2.16. The summed E-state index contributed by atoms with van der Waals surface area (Å²) in [6.07, 6.45) is 4.30. The molecule has 1 aromatic carbocycles. The molecule has 0 amide bonds. The summed E-state index contributed by atoms with van der Waals surface area (Å²) < 4.78 is 4.75. The molecule has 0 atom stereocenters. The van der Waals surface area contributed by atoms with Gasteiger partial charge in [0.15, 0.2) is 0 Å². The van der Waals surface area contributed by atoms with E-state index in [0.717, 1.165) is 22.0 Å². The molecule has 1 heterocycles. The van der Waals surface area contributed by atoms with Gasteiger partial charge in [0.05, 0.1) is 12.6 Å². The van der Waals surface area contributed by atoms with Crippen LogP contribution in [0.1, 0.15) is 11.1 Å². The normalized spacial score (nSPS) is 13.4. The van der Waals surface area contributed by atoms with E-state index in [9.17, 15) is 4.79 Å². The van der Waals surface area contributed by atoms with Crippen LogP contribution in [-0.4, -0.2) is 18.1 Å². The minimum Gasteiger partial charge on any atom is -0.466 e. The smallest absolute Gasteiger partial charge is 0.334 e. The number of pyridine rings is 1. The van der Waals surface area contributed by atoms with Crippen molar-refractivity contribution in [3.05, 3.63) is 47.2 Å². The summed E-state index contributed by atoms with van der Waals surface area (Å²) in [5.41, 5.74) is 3.92. The van der Waals surface area contributed by atoms with Crippen molar-refractivity contribution in [1.82, 2.24) is 4.98 Å². The molecule has 0 radical (unpaired) electrons. The third-order valence-electron chi connectivity index (χ3n) is 3.08. The third-order valence-corrected chi connectivity index (χ3v) is 3.08. The molecule has 0 N–H and O–H groups in total. The summed E-state index contributed by atoms with van der Waals surface area (Å²) in [5, 5.41) is 1.11. The highest BCUT2D eigenvalue weighted by atomic mass is 16.5. The van der Waals surface area contributed by atoms with Crippen molar-refractivity contribution in [3.8, 4) is 0 Å². The number of aromatic nitrogens is 1. The maximum atomic E-state index is 11.5. The standard InChI is InChI=1S/C14H11NO2/c1-17-14(16)10-7-9-4-5-13-11(12(9)8-10)3-2-6-15-13/h2-7H,8H2,1H3. The lowest BCUT2D eigenvalue weighted by Gasteiger charge is -2.04. The molecule has 0 spiro atoms. The van der Waals surface area contributed by atoms with Gasteiger partial charge in [-0.25, -0.2) is 4.79 Å². The Morgan fingerprint density at radius 3 is 3.06 bits per heavy atom. The zero-order valence-electron chi connectivity index (χ0n) is 9.43. The van der Waals surface area contributed by atoms with Crippen molar-refractivity contribution in [3.63, 3.8) is 0 Å². The predicted octanol–water partition coefficient (Wildman–Crippen LogP) is 2.35. The van der Waals surface area contributed by atoms with Gasteiger partial charge < -0.3 is 4.74 Å². The highest BCUT2D eigenvalue weighted by Crippen LogP contribution is 2.31. The summed E-state index contributed by atoms with van der Waals surface area (Å²) in [4.78, 5) is 15.8. The summed E-state index contributed by atoms with van der Waals surface area (Å²) in [6, 6.07) is 7.93. The maximum absolute atomic E-state index is 11.5. The van der Waals surface area contributed by atoms with E-state index in [1.54, 1.807) is 6.20 Å². The van der Waals surface area contributed by atoms with E-state index in [1.165, 1.54) is 7.11 Å². The Bertz CT molecular complexity index is 644. The second kappa shape index (κ2) is 3.70. The minimum atomic E-state index is -0.252. The first-order valence-electron chi connectivity index (χ1n) is 5.45. The molecule has 84 valence electrons. The number of esters is 1. The Morgan fingerprint density at radius 2 is 2.24 bits per heavy atom. The average molecular weight is 225 g/mol. The molecular weight excluding hydrogens is 214 g/mol. The molecule has 1 aromatic heterocycles. The van der Waals surface area contributed by atoms with E-state index < -0.39 is 0 Å². The number of hydrogen-bond donors (Lipinski definition) is 0. The molecule has 1 aliphatic rings. The van der Waals surface area contributed by atoms with Crippen LogP contribution >= 0.6 is 0 Å². The number of carbonyl (C=O) groups excluding carboxylic acids is 1. The number of fused-ring (bicyclic) bond motifs is 3. The minimum absolute atomic E-state index is 0.252. The fourth-order valence-electron chi connectivity index (χ4n) is 2.25. The van der Waals surface area contributed by atoms with Crippen LogP contribution in [0.25, 0.3) is 17.0 Å². The summed E-state index contributed by atoms with van der Waals surface area (Å²) in [7, 11) is 1.41. The lowest BCUT2D eigenvalue weighted by Crippen LogP contribution is -2.04. The van der Waals surface area contributed by atoms with E-state index in [2.05, 4.69) is 4.98 Å². The van der Waals surface area contributed by atoms with Crippen molar-refractivity contribution in [2.24, 2.45) is 0 Å². The molecule has 0 saturated heterocycles. The molecule has 2 aromatic rings. The molecule has 0 saturated carbocycles. The molecule has 17 heavy (non-hydrogen) atoms. The van der Waals surface area contributed by atoms with Gasteiger partial charge in [0, 0.05) is 23.6 Å². The van der Waals surface area contributed by atoms with Crippen molar-refractivity contribution < 1.29 is 9.53 Å². The molecule has 0 fully saturated rings. The van der Waals surface area contributed by atoms with E-state index in [-0.39, 0.29) is 5.97 Å². The van der Waals surface area contributed by atoms with Gasteiger partial charge in [-0.05, 0) is 29.3 Å². The molecular formula is C14H11NO2. The highest BCUT2D eigenvalue weighted by molar-refractivity contribution is 6.00. The molecule has 0 aliphatic heterocycles. The molecule has 1 aliphatic carbocycles. The zero-order chi connectivity index (χ0) is 11.8. The van der Waals surface area contributed by atoms with Gasteiger partial charge in [0.1, 0.15) is 0 Å². The summed E-state index contributed by atoms with van der Waals surface area (Å²) >= 11 is 0. The van der Waals surface area contributed by atoms with Gasteiger partial charge in [-0.2, -0.15) is 0 Å². The van der Waals surface area contributed by atoms with Crippen molar-refractivity contribution >= 4 is 22.9 Å². The van der Waals surface area contributed by atoms with Crippen LogP contribution in [0.5, 0.6) is 0 Å². The number of carbonyl (C=O) groups is 1. The van der Waals surface area contributed by atoms with Crippen molar-refractivity contribution in [2.45, 2.75) is 6.42 Å². The zero-order valence-corrected chi connectivity index (χ0v) is 9.43. The topological polar surface area (TPSA) is 39.2 Å². The lowest BCUT2D eigenvalue weighted by atomic mass is 10.0. The fourth-order valence-corrected chi connectivity index (χ4v) is 2.25. The van der Waals surface area contributed by atoms with E-state index in [1.807, 2.05) is 30.3 Å². The number of benzene rings is 1. The van der Waals surface area contributed by atoms with Crippen LogP contribution in [0, 0.1) is 0 Å². The number of ether oxygens (including phenoxy) is 1. The summed E-state index contributed by atoms with van der Waals surface area (Å²) in [5.74, 6) is -0.252. The number of hydrogen-bond acceptors (Lipinski definition) is 3. The molecule has 3 heteroatoms. The number of methoxy groups -OCH3 is 1. The van der Waals surface area contributed by atoms with Crippen molar-refractivity contribution in [2.75, 3.05) is 7.11 Å². The van der Waals surface area contributed by atoms with E-state index in [0.29, 0.717) is 12.0 Å². The van der Waals surface area contributed by atoms with Gasteiger partial charge in [0.2, 0.25) is 0 Å². The Kier molecular flexibility index (Phi) is 2.18. The Balaban J connectivity index is 2.14. The van der Waals surface area contributed by atoms with Crippen molar-refractivity contribution in [1.29, 1.82) is 0 Å². The number of rotatable bonds is 1. The Labute approximate surface area is 98.7 Å². The van der Waals surface area contributed by atoms with Gasteiger partial charge in [-0.3, -0.25) is 4.98 Å². The van der Waals surface area contributed by atoms with Crippen LogP contribution in [0.4, 0.5) is 0 Å². The van der Waals surface area contributed by atoms with Gasteiger partial charge >= 0.3 is 5.97 Å². The van der Waals surface area contributed by atoms with Gasteiger partial charge in [-0.1, -0.05) is 12.1 Å². The average Bonchev–Trinajstić information content (AvgIpc) is 2.82. The first-order chi connectivity index (χ1) is 8.29. The van der Waals surface area contributed by atoms with E-state index in [4.69, 9.17) is 4.74 Å². The monoisotopic (exact) mass is 225 g/mol. The van der Waals surface area contributed by atoms with Crippen LogP contribution in [0.2, 0.25) is 0 Å². The SMILES string of the molecule is COC(=O)C1=Cc2ccc3ncccc3c2C1. The summed E-state index contributed by atoms with van der Waals surface area (Å²) in [6.45, 7) is 0. The largest absolute Gasteiger partial charge is 0.466 e. The first-order valence-corrected chi connectivity index (χ1v) is 5.45. The van der Waals surface area contributed by atoms with Crippen LogP contribution < -0.4 is 0 Å². The fraction of sp³-hybridized carbons (Fsp3) is 0.143. The van der Waals surface area contributed by atoms with Gasteiger partial charge in [-0.15, -0.1) is 0 Å². The van der Waals surface area contributed by atoms with Crippen LogP contribution in [0.3, 0.4) is 0 Å². The molecule has 3 nitrogen and oxygen atoms in total. The number of nitrogens with zero attached hydrogens (tertiary/aromatic N) is 1.